The van der Waals surface area contributed by atoms with Crippen LogP contribution in [0, 0.1) is 0 Å². The molecular weight excluding hydrogens is 508 g/mol. The molecule has 0 aliphatic rings. The monoisotopic (exact) mass is 546 g/mol. The molecule has 14 N–H and O–H groups in total. The van der Waals surface area contributed by atoms with Crippen LogP contribution in [0.1, 0.15) is 51.4 Å². The van der Waals surface area contributed by atoms with E-state index in [0.29, 0.717) is 25.8 Å². The van der Waals surface area contributed by atoms with Gasteiger partial charge in [-0.25, -0.2) is 4.79 Å². The Labute approximate surface area is 218 Å². The number of rotatable bonds is 20. The van der Waals surface area contributed by atoms with Gasteiger partial charge in [-0.05, 0) is 45.1 Å². The number of unbranched alkanes of at least 4 members (excludes halogenated alkanes) is 1. The minimum Gasteiger partial charge on any atom is -0.481 e. The van der Waals surface area contributed by atoms with Crippen LogP contribution in [0.3, 0.4) is 0 Å². The molecule has 0 aromatic heterocycles. The fourth-order valence-corrected chi connectivity index (χ4v) is 3.15. The Balaban J connectivity index is 5.53. The third-order valence-corrected chi connectivity index (χ3v) is 5.16. The van der Waals surface area contributed by atoms with Gasteiger partial charge in [-0.1, -0.05) is 0 Å². The number of hydrogen-bond acceptors (Lipinski definition) is 9. The highest BCUT2D eigenvalue weighted by Gasteiger charge is 2.31. The summed E-state index contributed by atoms with van der Waals surface area (Å²) in [4.78, 5) is 75.3. The highest BCUT2D eigenvalue weighted by Crippen LogP contribution is 2.07. The number of aliphatic imine (C=N–C) groups is 1. The number of guanidine groups is 1. The largest absolute Gasteiger partial charge is 0.481 e. The van der Waals surface area contributed by atoms with Gasteiger partial charge in [0, 0.05) is 13.0 Å². The average molecular weight is 547 g/mol. The Kier molecular flexibility index (Phi) is 16.4. The number of hydrogen-bond donors (Lipinski definition) is 10. The van der Waals surface area contributed by atoms with Gasteiger partial charge in [0.15, 0.2) is 5.96 Å². The topological polar surface area (TPSA) is 316 Å². The molecule has 0 heterocycles. The predicted octanol–water partition coefficient (Wildman–Crippen LogP) is -3.63. The second-order valence-electron chi connectivity index (χ2n) is 8.39. The molecule has 0 saturated heterocycles. The third kappa shape index (κ3) is 15.2. The zero-order valence-electron chi connectivity index (χ0n) is 20.9. The molecule has 0 saturated carbocycles. The van der Waals surface area contributed by atoms with E-state index in [1.165, 1.54) is 0 Å². The Morgan fingerprint density at radius 1 is 0.711 bits per heavy atom. The van der Waals surface area contributed by atoms with E-state index in [-0.39, 0.29) is 25.3 Å². The highest BCUT2D eigenvalue weighted by molar-refractivity contribution is 5.94. The molecule has 4 unspecified atom stereocenters. The van der Waals surface area contributed by atoms with E-state index in [4.69, 9.17) is 38.3 Å². The molecule has 4 atom stereocenters. The first-order chi connectivity index (χ1) is 17.8. The first-order valence-electron chi connectivity index (χ1n) is 11.9. The predicted molar refractivity (Wildman–Crippen MR) is 133 cm³/mol. The van der Waals surface area contributed by atoms with Crippen LogP contribution >= 0.6 is 0 Å². The summed E-state index contributed by atoms with van der Waals surface area (Å²) >= 11 is 0. The van der Waals surface area contributed by atoms with E-state index < -0.39 is 79.1 Å². The van der Waals surface area contributed by atoms with E-state index in [1.54, 1.807) is 0 Å². The first-order valence-corrected chi connectivity index (χ1v) is 11.9. The van der Waals surface area contributed by atoms with Gasteiger partial charge in [0.1, 0.15) is 18.1 Å². The van der Waals surface area contributed by atoms with Crippen LogP contribution in [0.5, 0.6) is 0 Å². The number of carbonyl (C=O) groups excluding carboxylic acids is 3. The molecule has 0 bridgehead atoms. The fourth-order valence-electron chi connectivity index (χ4n) is 3.15. The number of nitrogens with one attached hydrogen (secondary N) is 3. The van der Waals surface area contributed by atoms with Crippen molar-refractivity contribution in [3.8, 4) is 0 Å². The SMILES string of the molecule is NCCCCC(NC(=O)C(N)CCCN=C(N)N)C(=O)NC(CCC(=O)O)C(=O)NC(CC(=O)O)C(=O)O. The van der Waals surface area contributed by atoms with Crippen LogP contribution in [0.25, 0.3) is 0 Å². The van der Waals surface area contributed by atoms with Crippen molar-refractivity contribution in [3.05, 3.63) is 0 Å². The van der Waals surface area contributed by atoms with Crippen LogP contribution in [-0.2, 0) is 28.8 Å². The van der Waals surface area contributed by atoms with Crippen LogP contribution in [-0.4, -0.2) is 94.2 Å². The number of amides is 3. The lowest BCUT2D eigenvalue weighted by Crippen LogP contribution is -2.57. The molecule has 0 aromatic carbocycles. The summed E-state index contributed by atoms with van der Waals surface area (Å²) in [6.45, 7) is 0.555. The van der Waals surface area contributed by atoms with Crippen LogP contribution in [0.15, 0.2) is 4.99 Å². The molecule has 0 spiro atoms. The van der Waals surface area contributed by atoms with Crippen LogP contribution < -0.4 is 38.9 Å². The lowest BCUT2D eigenvalue weighted by molar-refractivity contribution is -0.147. The number of aliphatic carboxylic acids is 3. The summed E-state index contributed by atoms with van der Waals surface area (Å²) in [5, 5.41) is 33.8. The molecule has 17 nitrogen and oxygen atoms in total. The Bertz CT molecular complexity index is 864. The lowest BCUT2D eigenvalue weighted by atomic mass is 10.0. The maximum Gasteiger partial charge on any atom is 0.326 e. The van der Waals surface area contributed by atoms with Gasteiger partial charge >= 0.3 is 17.9 Å². The zero-order chi connectivity index (χ0) is 29.3. The van der Waals surface area contributed by atoms with Gasteiger partial charge in [-0.15, -0.1) is 0 Å². The zero-order valence-corrected chi connectivity index (χ0v) is 20.9. The summed E-state index contributed by atoms with van der Waals surface area (Å²) in [6, 6.07) is -5.53. The smallest absolute Gasteiger partial charge is 0.326 e. The number of carbonyl (C=O) groups is 6. The molecule has 3 amide bonds. The first kappa shape index (κ1) is 34.0. The molecular formula is C21H38N8O9. The number of nitrogens with two attached hydrogens (primary N) is 4. The standard InChI is InChI=1S/C21H38N8O9/c22-8-2-1-5-12(27-17(34)11(23)4-3-9-26-21(24)25)18(35)28-13(6-7-15(30)31)19(36)29-14(20(37)38)10-16(32)33/h11-14H,1-10,22-23H2,(H,27,34)(H,28,35)(H,29,36)(H,30,31)(H,32,33)(H,37,38)(H4,24,25,26). The van der Waals surface area contributed by atoms with Gasteiger partial charge in [0.05, 0.1) is 12.5 Å². The van der Waals surface area contributed by atoms with Crippen molar-refractivity contribution in [3.63, 3.8) is 0 Å². The summed E-state index contributed by atoms with van der Waals surface area (Å²) < 4.78 is 0. The van der Waals surface area contributed by atoms with E-state index >= 15 is 0 Å². The molecule has 216 valence electrons. The molecule has 0 aromatic rings. The molecule has 38 heavy (non-hydrogen) atoms. The number of nitrogens with zero attached hydrogens (tertiary/aromatic N) is 1. The van der Waals surface area contributed by atoms with Gasteiger partial charge < -0.3 is 54.2 Å². The second-order valence-corrected chi connectivity index (χ2v) is 8.39. The quantitative estimate of drug-likeness (QED) is 0.0401. The maximum absolute atomic E-state index is 13.0. The molecule has 0 aliphatic carbocycles. The molecule has 0 aliphatic heterocycles. The normalized spacial score (nSPS) is 13.7. The lowest BCUT2D eigenvalue weighted by Gasteiger charge is -2.25. The van der Waals surface area contributed by atoms with Gasteiger partial charge in [-0.2, -0.15) is 0 Å². The van der Waals surface area contributed by atoms with Gasteiger partial charge in [-0.3, -0.25) is 29.0 Å². The average Bonchev–Trinajstić information content (AvgIpc) is 2.82. The van der Waals surface area contributed by atoms with E-state index in [0.717, 1.165) is 0 Å². The molecule has 0 rings (SSSR count). The molecule has 0 fully saturated rings. The summed E-state index contributed by atoms with van der Waals surface area (Å²) in [5.41, 5.74) is 21.8. The number of carboxylic acid groups (broad SMARTS) is 3. The minimum atomic E-state index is -1.82. The molecule has 0 radical (unpaired) electrons. The van der Waals surface area contributed by atoms with Crippen molar-refractivity contribution in [2.24, 2.45) is 27.9 Å². The van der Waals surface area contributed by atoms with E-state index in [2.05, 4.69) is 15.6 Å². The van der Waals surface area contributed by atoms with Crippen molar-refractivity contribution < 1.29 is 44.1 Å². The van der Waals surface area contributed by atoms with Gasteiger partial charge in [0.25, 0.3) is 0 Å². The maximum atomic E-state index is 13.0. The Morgan fingerprint density at radius 3 is 1.76 bits per heavy atom. The Morgan fingerprint density at radius 2 is 1.26 bits per heavy atom. The van der Waals surface area contributed by atoms with Crippen molar-refractivity contribution in [2.45, 2.75) is 75.5 Å². The van der Waals surface area contributed by atoms with E-state index in [9.17, 15) is 28.8 Å². The number of carboxylic acids is 3. The second kappa shape index (κ2) is 18.3. The highest BCUT2D eigenvalue weighted by atomic mass is 16.4. The third-order valence-electron chi connectivity index (χ3n) is 5.16. The Hall–Kier alpha value is -3.99. The van der Waals surface area contributed by atoms with Crippen molar-refractivity contribution in [1.29, 1.82) is 0 Å². The van der Waals surface area contributed by atoms with Crippen molar-refractivity contribution in [1.82, 2.24) is 16.0 Å². The van der Waals surface area contributed by atoms with Crippen LogP contribution in [0.2, 0.25) is 0 Å². The fraction of sp³-hybridized carbons (Fsp3) is 0.667. The summed E-state index contributed by atoms with van der Waals surface area (Å²) in [6.07, 6.45) is -0.319. The minimum absolute atomic E-state index is 0.111. The van der Waals surface area contributed by atoms with Crippen molar-refractivity contribution >= 4 is 41.6 Å². The van der Waals surface area contributed by atoms with Crippen LogP contribution in [0.4, 0.5) is 0 Å². The summed E-state index contributed by atoms with van der Waals surface area (Å²) in [5.74, 6) is -7.15. The molecule has 17 heteroatoms. The van der Waals surface area contributed by atoms with Gasteiger partial charge in [0.2, 0.25) is 17.7 Å². The van der Waals surface area contributed by atoms with E-state index in [1.807, 2.05) is 5.32 Å². The summed E-state index contributed by atoms with van der Waals surface area (Å²) in [7, 11) is 0. The van der Waals surface area contributed by atoms with Crippen molar-refractivity contribution in [2.75, 3.05) is 13.1 Å².